The minimum atomic E-state index is -0.391. The van der Waals surface area contributed by atoms with E-state index in [1.807, 2.05) is 29.3 Å². The molecule has 0 saturated carbocycles. The Hall–Kier alpha value is -2.60. The molecule has 0 bridgehead atoms. The second-order valence-corrected chi connectivity index (χ2v) is 7.30. The van der Waals surface area contributed by atoms with Crippen molar-refractivity contribution in [2.75, 3.05) is 13.1 Å². The molecule has 1 aliphatic heterocycles. The van der Waals surface area contributed by atoms with E-state index in [1.54, 1.807) is 0 Å². The highest BCUT2D eigenvalue weighted by molar-refractivity contribution is 5.92. The molecule has 1 unspecified atom stereocenters. The fourth-order valence-corrected chi connectivity index (χ4v) is 3.79. The number of nitrogens with zero attached hydrogens (tertiary/aromatic N) is 2. The number of aromatic amines is 1. The third-order valence-corrected chi connectivity index (χ3v) is 5.32. The van der Waals surface area contributed by atoms with Crippen molar-refractivity contribution in [3.8, 4) is 0 Å². The quantitative estimate of drug-likeness (QED) is 0.735. The summed E-state index contributed by atoms with van der Waals surface area (Å²) in [6.45, 7) is 1.59. The Morgan fingerprint density at radius 3 is 2.74 bits per heavy atom. The summed E-state index contributed by atoms with van der Waals surface area (Å²) in [5, 5.41) is 1.15. The maximum absolute atomic E-state index is 12.8. The van der Waals surface area contributed by atoms with E-state index in [0.29, 0.717) is 18.0 Å². The minimum Gasteiger partial charge on any atom is -0.446 e. The highest BCUT2D eigenvalue weighted by Crippen LogP contribution is 2.23. The summed E-state index contributed by atoms with van der Waals surface area (Å²) >= 11 is 0. The number of H-pyrrole nitrogens is 1. The molecule has 3 heterocycles. The van der Waals surface area contributed by atoms with E-state index in [9.17, 15) is 4.79 Å². The molecule has 0 aliphatic carbocycles. The van der Waals surface area contributed by atoms with Crippen LogP contribution in [0.3, 0.4) is 0 Å². The average Bonchev–Trinajstić information content (AvgIpc) is 3.29. The lowest BCUT2D eigenvalue weighted by Gasteiger charge is -2.23. The molecule has 1 atom stereocenters. The average molecular weight is 366 g/mol. The number of hydrogen-bond donors (Lipinski definition) is 2. The summed E-state index contributed by atoms with van der Waals surface area (Å²) in [5.74, 6) is 0.363. The molecule has 0 radical (unpaired) electrons. The first kappa shape index (κ1) is 17.8. The summed E-state index contributed by atoms with van der Waals surface area (Å²) in [6.07, 6.45) is 9.76. The Morgan fingerprint density at radius 1 is 1.19 bits per heavy atom. The van der Waals surface area contributed by atoms with E-state index in [4.69, 9.17) is 10.2 Å². The number of fused-ring (bicyclic) bond motifs is 1. The van der Waals surface area contributed by atoms with Gasteiger partial charge in [0, 0.05) is 30.2 Å². The van der Waals surface area contributed by atoms with E-state index in [0.717, 1.165) is 42.4 Å². The van der Waals surface area contributed by atoms with Gasteiger partial charge in [0.2, 0.25) is 5.89 Å². The Kier molecular flexibility index (Phi) is 5.25. The molecule has 4 rings (SSSR count). The van der Waals surface area contributed by atoms with Crippen molar-refractivity contribution in [2.45, 2.75) is 44.6 Å². The number of oxazole rings is 1. The van der Waals surface area contributed by atoms with E-state index >= 15 is 0 Å². The zero-order valence-electron chi connectivity index (χ0n) is 15.5. The molecule has 6 nitrogen and oxygen atoms in total. The van der Waals surface area contributed by atoms with Gasteiger partial charge in [-0.2, -0.15) is 0 Å². The predicted octanol–water partition coefficient (Wildman–Crippen LogP) is 3.80. The molecule has 3 N–H and O–H groups in total. The highest BCUT2D eigenvalue weighted by atomic mass is 16.3. The third kappa shape index (κ3) is 3.90. The zero-order valence-corrected chi connectivity index (χ0v) is 15.5. The molecule has 0 spiro atoms. The number of para-hydroxylation sites is 1. The number of benzene rings is 1. The Labute approximate surface area is 158 Å². The number of carbonyl (C=O) groups is 1. The van der Waals surface area contributed by atoms with Crippen molar-refractivity contribution in [2.24, 2.45) is 5.73 Å². The van der Waals surface area contributed by atoms with Crippen LogP contribution < -0.4 is 5.73 Å². The van der Waals surface area contributed by atoms with Crippen molar-refractivity contribution in [1.29, 1.82) is 0 Å². The lowest BCUT2D eigenvalue weighted by Crippen LogP contribution is -2.34. The molecule has 2 aromatic heterocycles. The largest absolute Gasteiger partial charge is 0.446 e. The Balaban J connectivity index is 1.45. The maximum atomic E-state index is 12.8. The molecular weight excluding hydrogens is 340 g/mol. The monoisotopic (exact) mass is 366 g/mol. The van der Waals surface area contributed by atoms with Crippen molar-refractivity contribution in [3.05, 3.63) is 53.9 Å². The van der Waals surface area contributed by atoms with Gasteiger partial charge in [0.1, 0.15) is 6.26 Å². The summed E-state index contributed by atoms with van der Waals surface area (Å²) in [4.78, 5) is 22.3. The Bertz CT molecular complexity index is 906. The van der Waals surface area contributed by atoms with Gasteiger partial charge in [-0.05, 0) is 30.9 Å². The topological polar surface area (TPSA) is 88.2 Å². The van der Waals surface area contributed by atoms with Crippen LogP contribution in [0, 0.1) is 0 Å². The van der Waals surface area contributed by atoms with Crippen LogP contribution in [0.4, 0.5) is 0 Å². The van der Waals surface area contributed by atoms with Gasteiger partial charge >= 0.3 is 0 Å². The molecule has 1 aliphatic rings. The van der Waals surface area contributed by atoms with Crippen molar-refractivity contribution in [1.82, 2.24) is 14.9 Å². The summed E-state index contributed by atoms with van der Waals surface area (Å²) < 4.78 is 5.56. The number of likely N-dealkylation sites (tertiary alicyclic amines) is 1. The van der Waals surface area contributed by atoms with Gasteiger partial charge in [-0.3, -0.25) is 4.79 Å². The number of hydrogen-bond acceptors (Lipinski definition) is 4. The normalized spacial score (nSPS) is 16.9. The van der Waals surface area contributed by atoms with Crippen molar-refractivity contribution >= 4 is 16.8 Å². The van der Waals surface area contributed by atoms with Crippen LogP contribution in [0.15, 0.2) is 41.1 Å². The van der Waals surface area contributed by atoms with E-state index < -0.39 is 6.04 Å². The van der Waals surface area contributed by atoms with Crippen molar-refractivity contribution in [3.63, 3.8) is 0 Å². The molecule has 1 saturated heterocycles. The van der Waals surface area contributed by atoms with Gasteiger partial charge in [-0.1, -0.05) is 37.5 Å². The molecular formula is C21H26N4O2. The number of rotatable bonds is 4. The second kappa shape index (κ2) is 7.96. The fraction of sp³-hybridized carbons (Fsp3) is 0.429. The summed E-state index contributed by atoms with van der Waals surface area (Å²) in [7, 11) is 0. The van der Waals surface area contributed by atoms with Crippen LogP contribution >= 0.6 is 0 Å². The van der Waals surface area contributed by atoms with E-state index in [1.165, 1.54) is 25.5 Å². The van der Waals surface area contributed by atoms with Gasteiger partial charge in [-0.25, -0.2) is 4.98 Å². The van der Waals surface area contributed by atoms with Gasteiger partial charge in [0.15, 0.2) is 5.69 Å². The van der Waals surface area contributed by atoms with Crippen molar-refractivity contribution < 1.29 is 9.21 Å². The standard InChI is InChI=1S/C21H26N4O2/c22-17(12-15-13-23-18-9-5-4-8-16(15)18)20-24-19(14-27-20)21(26)25-10-6-2-1-3-7-11-25/h4-5,8-9,13-14,17,23H,1-3,6-7,10-12,22H2. The summed E-state index contributed by atoms with van der Waals surface area (Å²) in [6, 6.07) is 7.73. The van der Waals surface area contributed by atoms with Gasteiger partial charge < -0.3 is 20.0 Å². The van der Waals surface area contributed by atoms with Crippen LogP contribution in [-0.2, 0) is 6.42 Å². The first-order chi connectivity index (χ1) is 13.2. The third-order valence-electron chi connectivity index (χ3n) is 5.32. The second-order valence-electron chi connectivity index (χ2n) is 7.30. The van der Waals surface area contributed by atoms with Crippen LogP contribution in [0.1, 0.15) is 60.1 Å². The van der Waals surface area contributed by atoms with Gasteiger partial charge in [0.05, 0.1) is 6.04 Å². The molecule has 1 aromatic carbocycles. The predicted molar refractivity (Wildman–Crippen MR) is 104 cm³/mol. The van der Waals surface area contributed by atoms with E-state index in [-0.39, 0.29) is 5.91 Å². The minimum absolute atomic E-state index is 0.0498. The van der Waals surface area contributed by atoms with Gasteiger partial charge in [-0.15, -0.1) is 0 Å². The number of aromatic nitrogens is 2. The lowest BCUT2D eigenvalue weighted by molar-refractivity contribution is 0.0736. The number of nitrogens with one attached hydrogen (secondary N) is 1. The molecule has 27 heavy (non-hydrogen) atoms. The van der Waals surface area contributed by atoms with Crippen LogP contribution in [-0.4, -0.2) is 33.9 Å². The first-order valence-electron chi connectivity index (χ1n) is 9.77. The number of carbonyl (C=O) groups excluding carboxylic acids is 1. The Morgan fingerprint density at radius 2 is 1.93 bits per heavy atom. The molecule has 6 heteroatoms. The van der Waals surface area contributed by atoms with Crippen LogP contribution in [0.2, 0.25) is 0 Å². The highest BCUT2D eigenvalue weighted by Gasteiger charge is 2.22. The lowest BCUT2D eigenvalue weighted by atomic mass is 10.1. The van der Waals surface area contributed by atoms with E-state index in [2.05, 4.69) is 16.0 Å². The number of nitrogens with two attached hydrogens (primary N) is 1. The SMILES string of the molecule is NC(Cc1c[nH]c2ccccc12)c1nc(C(=O)N2CCCCCCC2)co1. The fourth-order valence-electron chi connectivity index (χ4n) is 3.79. The number of amides is 1. The molecule has 1 fully saturated rings. The zero-order chi connectivity index (χ0) is 18.6. The molecule has 3 aromatic rings. The maximum Gasteiger partial charge on any atom is 0.275 e. The first-order valence-corrected chi connectivity index (χ1v) is 9.77. The van der Waals surface area contributed by atoms with Gasteiger partial charge in [0.25, 0.3) is 5.91 Å². The summed E-state index contributed by atoms with van der Waals surface area (Å²) in [5.41, 5.74) is 8.88. The van der Waals surface area contributed by atoms with Crippen LogP contribution in [0.25, 0.3) is 10.9 Å². The molecule has 1 amide bonds. The smallest absolute Gasteiger partial charge is 0.275 e. The molecule has 142 valence electrons. The van der Waals surface area contributed by atoms with Crippen LogP contribution in [0.5, 0.6) is 0 Å².